The molecule has 2 rings (SSSR count). The van der Waals surface area contributed by atoms with Crippen LogP contribution in [-0.2, 0) is 25.9 Å². The van der Waals surface area contributed by atoms with Gasteiger partial charge in [-0.05, 0) is 17.1 Å². The summed E-state index contributed by atoms with van der Waals surface area (Å²) in [5.74, 6) is 1.46. The van der Waals surface area contributed by atoms with E-state index in [0.717, 1.165) is 0 Å². The average molecular weight is 377 g/mol. The molecular weight excluding hydrogens is 362 g/mol. The predicted octanol–water partition coefficient (Wildman–Crippen LogP) is 1.55. The molecule has 0 aliphatic carbocycles. The van der Waals surface area contributed by atoms with Crippen molar-refractivity contribution in [2.75, 3.05) is 0 Å². The molecule has 0 saturated carbocycles. The Morgan fingerprint density at radius 3 is 2.69 bits per heavy atom. The highest BCUT2D eigenvalue weighted by Gasteiger charge is 2.20. The summed E-state index contributed by atoms with van der Waals surface area (Å²) in [6, 6.07) is 7.68. The van der Waals surface area contributed by atoms with Crippen molar-refractivity contribution in [1.82, 2.24) is 9.55 Å². The van der Waals surface area contributed by atoms with Crippen LogP contribution in [0.4, 0.5) is 5.95 Å². The molecule has 26 heavy (non-hydrogen) atoms. The van der Waals surface area contributed by atoms with Crippen molar-refractivity contribution in [2.24, 2.45) is 0 Å². The van der Waals surface area contributed by atoms with E-state index in [9.17, 15) is 23.3 Å². The van der Waals surface area contributed by atoms with Crippen molar-refractivity contribution in [3.8, 4) is 11.2 Å². The van der Waals surface area contributed by atoms with Gasteiger partial charge in [0.05, 0.1) is 11.3 Å². The van der Waals surface area contributed by atoms with E-state index in [-0.39, 0.29) is 17.9 Å². The Hall–Kier alpha value is -3.19. The number of hydrogen-bond donors (Lipinski definition) is 0. The van der Waals surface area contributed by atoms with E-state index in [1.165, 1.54) is 36.0 Å². The van der Waals surface area contributed by atoms with E-state index in [1.54, 1.807) is 18.2 Å². The summed E-state index contributed by atoms with van der Waals surface area (Å²) in [7, 11) is -3.80. The molecule has 0 aliphatic rings. The second kappa shape index (κ2) is 8.26. The summed E-state index contributed by atoms with van der Waals surface area (Å²) in [5, 5.41) is 13.1. The van der Waals surface area contributed by atoms with Crippen LogP contribution in [0.3, 0.4) is 0 Å². The zero-order valence-electron chi connectivity index (χ0n) is 13.7. The first-order chi connectivity index (χ1) is 12.3. The Morgan fingerprint density at radius 1 is 1.38 bits per heavy atom. The van der Waals surface area contributed by atoms with E-state index in [1.807, 2.05) is 0 Å². The average Bonchev–Trinajstić information content (AvgIpc) is 3.03. The van der Waals surface area contributed by atoms with E-state index >= 15 is 0 Å². The molecule has 0 saturated heterocycles. The second-order valence-electron chi connectivity index (χ2n) is 5.17. The van der Waals surface area contributed by atoms with Crippen molar-refractivity contribution in [3.05, 3.63) is 52.8 Å². The SMILES string of the molecule is CC(=O)OC(CC#CS(=O)(=O)c1ccccc1)Cn1ccnc1[N+](=O)[O-]. The first-order valence-electron chi connectivity index (χ1n) is 7.42. The normalized spacial score (nSPS) is 11.9. The monoisotopic (exact) mass is 377 g/mol. The maximum atomic E-state index is 12.1. The predicted molar refractivity (Wildman–Crippen MR) is 90.5 cm³/mol. The topological polar surface area (TPSA) is 121 Å². The van der Waals surface area contributed by atoms with Gasteiger partial charge < -0.3 is 14.9 Å². The molecule has 1 heterocycles. The number of imidazole rings is 1. The zero-order valence-corrected chi connectivity index (χ0v) is 14.5. The molecule has 0 aliphatic heterocycles. The number of rotatable bonds is 6. The Labute approximate surface area is 149 Å². The minimum absolute atomic E-state index is 0.0572. The minimum Gasteiger partial charge on any atom is -0.458 e. The lowest BCUT2D eigenvalue weighted by molar-refractivity contribution is -0.397. The van der Waals surface area contributed by atoms with Crippen molar-refractivity contribution in [1.29, 1.82) is 0 Å². The maximum Gasteiger partial charge on any atom is 0.434 e. The van der Waals surface area contributed by atoms with E-state index in [4.69, 9.17) is 4.74 Å². The molecule has 1 unspecified atom stereocenters. The molecule has 0 amide bonds. The van der Waals surface area contributed by atoms with Crippen LogP contribution in [0.1, 0.15) is 13.3 Å². The Balaban J connectivity index is 2.16. The summed E-state index contributed by atoms with van der Waals surface area (Å²) in [6.07, 6.45) is 1.64. The van der Waals surface area contributed by atoms with Gasteiger partial charge in [0.15, 0.2) is 0 Å². The summed E-state index contributed by atoms with van der Waals surface area (Å²) < 4.78 is 30.5. The second-order valence-corrected chi connectivity index (χ2v) is 6.85. The Morgan fingerprint density at radius 2 is 2.08 bits per heavy atom. The Bertz CT molecular complexity index is 957. The van der Waals surface area contributed by atoms with Gasteiger partial charge in [-0.3, -0.25) is 4.79 Å². The fourth-order valence-corrected chi connectivity index (χ4v) is 3.03. The van der Waals surface area contributed by atoms with Crippen molar-refractivity contribution in [2.45, 2.75) is 30.9 Å². The van der Waals surface area contributed by atoms with Crippen LogP contribution in [0, 0.1) is 21.3 Å². The zero-order chi connectivity index (χ0) is 19.2. The van der Waals surface area contributed by atoms with Gasteiger partial charge >= 0.3 is 11.9 Å². The molecule has 0 bridgehead atoms. The quantitative estimate of drug-likeness (QED) is 0.246. The molecule has 0 N–H and O–H groups in total. The van der Waals surface area contributed by atoms with Crippen LogP contribution < -0.4 is 0 Å². The number of nitro groups is 1. The molecule has 0 spiro atoms. The molecule has 10 heteroatoms. The summed E-state index contributed by atoms with van der Waals surface area (Å²) >= 11 is 0. The molecule has 2 aromatic rings. The first kappa shape index (κ1) is 19.1. The van der Waals surface area contributed by atoms with Gasteiger partial charge in [0, 0.05) is 12.2 Å². The highest BCUT2D eigenvalue weighted by molar-refractivity contribution is 7.96. The third-order valence-electron chi connectivity index (χ3n) is 3.18. The number of esters is 1. The van der Waals surface area contributed by atoms with Crippen LogP contribution in [0.15, 0.2) is 47.6 Å². The minimum atomic E-state index is -3.80. The molecule has 1 aromatic heterocycles. The molecule has 0 radical (unpaired) electrons. The van der Waals surface area contributed by atoms with Crippen molar-refractivity contribution in [3.63, 3.8) is 0 Å². The van der Waals surface area contributed by atoms with E-state index < -0.39 is 32.8 Å². The van der Waals surface area contributed by atoms with Crippen LogP contribution >= 0.6 is 0 Å². The van der Waals surface area contributed by atoms with Gasteiger partial charge in [0.1, 0.15) is 25.0 Å². The number of carbonyl (C=O) groups excluding carboxylic acids is 1. The van der Waals surface area contributed by atoms with Gasteiger partial charge in [0.25, 0.3) is 0 Å². The van der Waals surface area contributed by atoms with Gasteiger partial charge in [-0.1, -0.05) is 29.1 Å². The number of sulfone groups is 1. The summed E-state index contributed by atoms with van der Waals surface area (Å²) in [4.78, 5) is 25.1. The lowest BCUT2D eigenvalue weighted by Crippen LogP contribution is -2.22. The largest absolute Gasteiger partial charge is 0.458 e. The third-order valence-corrected chi connectivity index (χ3v) is 4.49. The lowest BCUT2D eigenvalue weighted by atomic mass is 10.2. The highest BCUT2D eigenvalue weighted by atomic mass is 32.2. The first-order valence-corrected chi connectivity index (χ1v) is 8.90. The van der Waals surface area contributed by atoms with Gasteiger partial charge in [-0.25, -0.2) is 13.0 Å². The summed E-state index contributed by atoms with van der Waals surface area (Å²) in [6.45, 7) is 1.11. The molecule has 9 nitrogen and oxygen atoms in total. The number of nitrogens with zero attached hydrogens (tertiary/aromatic N) is 3. The number of benzene rings is 1. The number of carbonyl (C=O) groups is 1. The maximum absolute atomic E-state index is 12.1. The van der Waals surface area contributed by atoms with E-state index in [0.29, 0.717) is 0 Å². The van der Waals surface area contributed by atoms with Gasteiger partial charge in [-0.15, -0.1) is 0 Å². The highest BCUT2D eigenvalue weighted by Crippen LogP contribution is 2.12. The molecular formula is C16H15N3O6S. The van der Waals surface area contributed by atoms with Crippen LogP contribution in [0.5, 0.6) is 0 Å². The van der Waals surface area contributed by atoms with Gasteiger partial charge in [-0.2, -0.15) is 0 Å². The van der Waals surface area contributed by atoms with E-state index in [2.05, 4.69) is 16.2 Å². The fourth-order valence-electron chi connectivity index (χ4n) is 2.12. The molecule has 136 valence electrons. The standard InChI is InChI=1S/C16H15N3O6S/c1-13(20)25-14(12-18-10-9-17-16(18)19(21)22)6-5-11-26(23,24)15-7-3-2-4-8-15/h2-4,7-10,14H,6,12H2,1H3. The fraction of sp³-hybridized carbons (Fsp3) is 0.250. The molecule has 0 fully saturated rings. The smallest absolute Gasteiger partial charge is 0.434 e. The van der Waals surface area contributed by atoms with Gasteiger partial charge in [0.2, 0.25) is 9.84 Å². The Kier molecular flexibility index (Phi) is 6.08. The molecule has 1 atom stereocenters. The van der Waals surface area contributed by atoms with Crippen molar-refractivity contribution >= 4 is 21.8 Å². The third kappa shape index (κ3) is 5.15. The number of aromatic nitrogens is 2. The van der Waals surface area contributed by atoms with Crippen LogP contribution in [0.2, 0.25) is 0 Å². The van der Waals surface area contributed by atoms with Crippen LogP contribution in [-0.4, -0.2) is 35.0 Å². The molecule has 1 aromatic carbocycles. The van der Waals surface area contributed by atoms with Crippen molar-refractivity contribution < 1.29 is 22.9 Å². The summed E-state index contributed by atoms with van der Waals surface area (Å²) in [5.41, 5.74) is 0. The van der Waals surface area contributed by atoms with Crippen LogP contribution in [0.25, 0.3) is 0 Å². The lowest BCUT2D eigenvalue weighted by Gasteiger charge is -2.13. The number of ether oxygens (including phenoxy) is 1. The number of hydrogen-bond acceptors (Lipinski definition) is 7.